The van der Waals surface area contributed by atoms with Crippen LogP contribution in [-0.2, 0) is 19.4 Å². The lowest BCUT2D eigenvalue weighted by molar-refractivity contribution is -0.123. The number of rotatable bonds is 5. The van der Waals surface area contributed by atoms with E-state index in [1.165, 1.54) is 36.4 Å². The molecule has 0 fully saturated rings. The number of halogens is 1. The Hall–Kier alpha value is -3.69. The monoisotopic (exact) mass is 497 g/mol. The second-order valence-electron chi connectivity index (χ2n) is 7.83. The first-order valence-corrected chi connectivity index (χ1v) is 12.5. The van der Waals surface area contributed by atoms with Gasteiger partial charge in [-0.3, -0.25) is 14.4 Å². The molecule has 3 aromatic carbocycles. The summed E-state index contributed by atoms with van der Waals surface area (Å²) in [5.74, 6) is -1.78. The number of amides is 3. The molecule has 1 unspecified atom stereocenters. The molecule has 10 heteroatoms. The number of benzene rings is 3. The molecule has 3 N–H and O–H groups in total. The Morgan fingerprint density at radius 3 is 2.50 bits per heavy atom. The quantitative estimate of drug-likeness (QED) is 0.490. The predicted molar refractivity (Wildman–Crippen MR) is 130 cm³/mol. The molecular formula is C24H20ClN3O5S. The Kier molecular flexibility index (Phi) is 6.41. The third kappa shape index (κ3) is 5.11. The van der Waals surface area contributed by atoms with Gasteiger partial charge >= 0.3 is 0 Å². The number of nitrogens with one attached hydrogen (secondary N) is 3. The van der Waals surface area contributed by atoms with Crippen LogP contribution in [0.4, 0.5) is 17.1 Å². The zero-order valence-electron chi connectivity index (χ0n) is 18.0. The molecule has 0 aromatic heterocycles. The molecule has 1 aliphatic heterocycles. The zero-order valence-corrected chi connectivity index (χ0v) is 19.5. The normalized spacial score (nSPS) is 15.1. The number of hydrogen-bond acceptors (Lipinski definition) is 5. The number of para-hydroxylation sites is 1. The maximum absolute atomic E-state index is 12.9. The van der Waals surface area contributed by atoms with Gasteiger partial charge in [0.15, 0.2) is 9.84 Å². The highest BCUT2D eigenvalue weighted by molar-refractivity contribution is 7.90. The van der Waals surface area contributed by atoms with Crippen LogP contribution in [0.2, 0.25) is 5.02 Å². The smallest absolute Gasteiger partial charge is 0.255 e. The molecule has 0 saturated heterocycles. The Balaban J connectivity index is 1.48. The van der Waals surface area contributed by atoms with Gasteiger partial charge in [-0.15, -0.1) is 0 Å². The highest BCUT2D eigenvalue weighted by Gasteiger charge is 2.30. The molecule has 1 atom stereocenters. The van der Waals surface area contributed by atoms with E-state index >= 15 is 0 Å². The van der Waals surface area contributed by atoms with Crippen molar-refractivity contribution in [1.82, 2.24) is 0 Å². The maximum atomic E-state index is 12.9. The SMILES string of the molecule is CS(=O)(=O)c1cccc(C(=O)Nc2ccc(NC(=O)C3CC(=O)Nc4ccccc43)cc2Cl)c1. The van der Waals surface area contributed by atoms with E-state index in [2.05, 4.69) is 16.0 Å². The first kappa shape index (κ1) is 23.5. The summed E-state index contributed by atoms with van der Waals surface area (Å²) in [7, 11) is -3.46. The fraction of sp³-hybridized carbons (Fsp3) is 0.125. The van der Waals surface area contributed by atoms with E-state index in [1.54, 1.807) is 30.3 Å². The summed E-state index contributed by atoms with van der Waals surface area (Å²) in [5, 5.41) is 8.33. The Morgan fingerprint density at radius 2 is 1.76 bits per heavy atom. The largest absolute Gasteiger partial charge is 0.326 e. The van der Waals surface area contributed by atoms with Crippen molar-refractivity contribution in [3.05, 3.63) is 82.9 Å². The fourth-order valence-electron chi connectivity index (χ4n) is 3.63. The molecule has 3 amide bonds. The van der Waals surface area contributed by atoms with Crippen molar-refractivity contribution in [2.24, 2.45) is 0 Å². The van der Waals surface area contributed by atoms with Crippen molar-refractivity contribution in [1.29, 1.82) is 0 Å². The topological polar surface area (TPSA) is 121 Å². The van der Waals surface area contributed by atoms with Crippen molar-refractivity contribution >= 4 is 56.2 Å². The Labute approximate surface area is 201 Å². The number of sulfone groups is 1. The predicted octanol–water partition coefficient (Wildman–Crippen LogP) is 4.06. The number of carbonyl (C=O) groups is 3. The molecule has 8 nitrogen and oxygen atoms in total. The molecule has 1 aliphatic rings. The van der Waals surface area contributed by atoms with Crippen LogP contribution in [0.1, 0.15) is 28.3 Å². The van der Waals surface area contributed by atoms with E-state index in [-0.39, 0.29) is 39.4 Å². The molecule has 174 valence electrons. The van der Waals surface area contributed by atoms with Gasteiger partial charge in [0.05, 0.1) is 21.5 Å². The van der Waals surface area contributed by atoms with E-state index in [9.17, 15) is 22.8 Å². The van der Waals surface area contributed by atoms with Gasteiger partial charge in [0.25, 0.3) is 5.91 Å². The molecule has 0 spiro atoms. The van der Waals surface area contributed by atoms with Crippen molar-refractivity contribution < 1.29 is 22.8 Å². The summed E-state index contributed by atoms with van der Waals surface area (Å²) in [5.41, 5.74) is 2.18. The lowest BCUT2D eigenvalue weighted by Gasteiger charge is -2.24. The molecule has 0 bridgehead atoms. The number of hydrogen-bond donors (Lipinski definition) is 3. The first-order chi connectivity index (χ1) is 16.1. The van der Waals surface area contributed by atoms with Gasteiger partial charge in [-0.2, -0.15) is 0 Å². The fourth-order valence-corrected chi connectivity index (χ4v) is 4.53. The minimum Gasteiger partial charge on any atom is -0.326 e. The molecule has 1 heterocycles. The second-order valence-corrected chi connectivity index (χ2v) is 10.3. The molecule has 0 saturated carbocycles. The second kappa shape index (κ2) is 9.28. The van der Waals surface area contributed by atoms with Crippen LogP contribution in [0.15, 0.2) is 71.6 Å². The number of carbonyl (C=O) groups excluding carboxylic acids is 3. The molecule has 0 aliphatic carbocycles. The molecule has 34 heavy (non-hydrogen) atoms. The Bertz CT molecular complexity index is 1420. The van der Waals surface area contributed by atoms with Gasteiger partial charge in [-0.05, 0) is 48.0 Å². The molecule has 4 rings (SSSR count). The summed E-state index contributed by atoms with van der Waals surface area (Å²) in [6.45, 7) is 0. The zero-order chi connectivity index (χ0) is 24.5. The summed E-state index contributed by atoms with van der Waals surface area (Å²) >= 11 is 6.31. The van der Waals surface area contributed by atoms with Crippen LogP contribution in [0.25, 0.3) is 0 Å². The number of anilines is 3. The van der Waals surface area contributed by atoms with Crippen LogP contribution >= 0.6 is 11.6 Å². The van der Waals surface area contributed by atoms with Gasteiger partial charge in [-0.25, -0.2) is 8.42 Å². The lowest BCUT2D eigenvalue weighted by Crippen LogP contribution is -2.30. The van der Waals surface area contributed by atoms with E-state index < -0.39 is 21.7 Å². The van der Waals surface area contributed by atoms with Crippen molar-refractivity contribution in [3.63, 3.8) is 0 Å². The van der Waals surface area contributed by atoms with Gasteiger partial charge in [0.1, 0.15) is 0 Å². The molecule has 0 radical (unpaired) electrons. The Morgan fingerprint density at radius 1 is 1.00 bits per heavy atom. The standard InChI is InChI=1S/C24H20ClN3O5S/c1-34(32,33)16-6-4-5-14(11-16)23(30)28-21-10-9-15(12-19(21)25)26-24(31)18-13-22(29)27-20-8-3-2-7-17(18)20/h2-12,18H,13H2,1H3,(H,26,31)(H,27,29)(H,28,30). The van der Waals surface area contributed by atoms with Gasteiger partial charge in [-0.1, -0.05) is 35.9 Å². The molecule has 3 aromatic rings. The van der Waals surface area contributed by atoms with E-state index in [0.29, 0.717) is 11.4 Å². The summed E-state index contributed by atoms with van der Waals surface area (Å²) in [6, 6.07) is 17.4. The summed E-state index contributed by atoms with van der Waals surface area (Å²) in [4.78, 5) is 37.5. The third-order valence-electron chi connectivity index (χ3n) is 5.33. The van der Waals surface area contributed by atoms with Gasteiger partial charge < -0.3 is 16.0 Å². The first-order valence-electron chi connectivity index (χ1n) is 10.2. The number of fused-ring (bicyclic) bond motifs is 1. The summed E-state index contributed by atoms with van der Waals surface area (Å²) in [6.07, 6.45) is 1.09. The average molecular weight is 498 g/mol. The van der Waals surface area contributed by atoms with Crippen LogP contribution < -0.4 is 16.0 Å². The van der Waals surface area contributed by atoms with E-state index in [4.69, 9.17) is 11.6 Å². The maximum Gasteiger partial charge on any atom is 0.255 e. The lowest BCUT2D eigenvalue weighted by atomic mass is 9.90. The van der Waals surface area contributed by atoms with Crippen molar-refractivity contribution in [2.75, 3.05) is 22.2 Å². The third-order valence-corrected chi connectivity index (χ3v) is 6.75. The minimum absolute atomic E-state index is 0.0251. The minimum atomic E-state index is -3.46. The van der Waals surface area contributed by atoms with E-state index in [0.717, 1.165) is 11.8 Å². The highest BCUT2D eigenvalue weighted by Crippen LogP contribution is 2.33. The van der Waals surface area contributed by atoms with E-state index in [1.807, 2.05) is 0 Å². The van der Waals surface area contributed by atoms with Crippen molar-refractivity contribution in [3.8, 4) is 0 Å². The van der Waals surface area contributed by atoms with Crippen molar-refractivity contribution in [2.45, 2.75) is 17.2 Å². The molecular weight excluding hydrogens is 478 g/mol. The van der Waals surface area contributed by atoms with Gasteiger partial charge in [0.2, 0.25) is 11.8 Å². The van der Waals surface area contributed by atoms with Crippen LogP contribution in [0, 0.1) is 0 Å². The summed E-state index contributed by atoms with van der Waals surface area (Å²) < 4.78 is 23.5. The van der Waals surface area contributed by atoms with Gasteiger partial charge in [0, 0.05) is 29.6 Å². The van der Waals surface area contributed by atoms with Crippen LogP contribution in [0.3, 0.4) is 0 Å². The average Bonchev–Trinajstić information content (AvgIpc) is 2.79. The van der Waals surface area contributed by atoms with Crippen LogP contribution in [0.5, 0.6) is 0 Å². The van der Waals surface area contributed by atoms with Crippen LogP contribution in [-0.4, -0.2) is 32.4 Å². The highest BCUT2D eigenvalue weighted by atomic mass is 35.5.